The summed E-state index contributed by atoms with van der Waals surface area (Å²) in [5.74, 6) is 0.880. The Morgan fingerprint density at radius 3 is 1.26 bits per heavy atom. The molecule has 5 aromatic rings. The van der Waals surface area contributed by atoms with Crippen molar-refractivity contribution < 1.29 is 25.8 Å². The number of rotatable bonds is 7. The Hall–Kier alpha value is -3.95. The average Bonchev–Trinajstić information content (AvgIpc) is 3.28. The molecule has 0 aliphatic heterocycles. The predicted octanol–water partition coefficient (Wildman–Crippen LogP) is 12.6. The van der Waals surface area contributed by atoms with Crippen molar-refractivity contribution in [2.24, 2.45) is 4.99 Å². The number of hydrogen-bond donors (Lipinski definition) is 0. The molecule has 0 aliphatic rings. The molecule has 0 N–H and O–H groups in total. The van der Waals surface area contributed by atoms with E-state index in [1.54, 1.807) is 0 Å². The SMILES string of the molecule is CCCCN=c1cccccc1[N-]c1c(C(C)C)cccc1C(C)C.[CH2-]c1ccccc1.[CH2-]c1ccccc1.[CH2-]c1ccccc1.[Hf]. The number of para-hydroxylation sites is 1. The number of benzene rings is 4. The van der Waals surface area contributed by atoms with Gasteiger partial charge in [-0.15, -0.1) is 47.8 Å². The third-order valence-electron chi connectivity index (χ3n) is 6.89. The van der Waals surface area contributed by atoms with Crippen LogP contribution in [-0.4, -0.2) is 6.54 Å². The second-order valence-electron chi connectivity index (χ2n) is 11.6. The van der Waals surface area contributed by atoms with Crippen molar-refractivity contribution in [1.29, 1.82) is 0 Å². The van der Waals surface area contributed by atoms with Gasteiger partial charge < -0.3 is 5.32 Å². The molecule has 0 heterocycles. The van der Waals surface area contributed by atoms with Crippen LogP contribution in [0.5, 0.6) is 0 Å². The van der Waals surface area contributed by atoms with Crippen LogP contribution >= 0.6 is 0 Å². The van der Waals surface area contributed by atoms with Crippen LogP contribution in [0.3, 0.4) is 0 Å². The van der Waals surface area contributed by atoms with Crippen molar-refractivity contribution in [2.75, 3.05) is 6.54 Å². The molecule has 47 heavy (non-hydrogen) atoms. The van der Waals surface area contributed by atoms with Gasteiger partial charge in [-0.2, -0.15) is 73.9 Å². The van der Waals surface area contributed by atoms with Crippen molar-refractivity contribution >= 4 is 11.4 Å². The first-order valence-corrected chi connectivity index (χ1v) is 16.3. The van der Waals surface area contributed by atoms with E-state index in [4.69, 9.17) is 10.3 Å². The fourth-order valence-electron chi connectivity index (χ4n) is 4.31. The number of hydrogen-bond acceptors (Lipinski definition) is 1. The minimum atomic E-state index is 0. The molecule has 0 unspecified atom stereocenters. The van der Waals surface area contributed by atoms with Crippen LogP contribution in [0.25, 0.3) is 5.32 Å². The van der Waals surface area contributed by atoms with E-state index >= 15 is 0 Å². The molecule has 0 spiro atoms. The first-order chi connectivity index (χ1) is 22.2. The average molecular weight is 787 g/mol. The van der Waals surface area contributed by atoms with Gasteiger partial charge in [0.25, 0.3) is 0 Å². The summed E-state index contributed by atoms with van der Waals surface area (Å²) in [6.07, 6.45) is 2.26. The fraction of sp³-hybridized carbons (Fsp3) is 0.227. The molecule has 0 bridgehead atoms. The summed E-state index contributed by atoms with van der Waals surface area (Å²) in [6.45, 7) is 23.1. The van der Waals surface area contributed by atoms with Crippen LogP contribution in [0, 0.1) is 20.8 Å². The molecule has 5 rings (SSSR count). The van der Waals surface area contributed by atoms with Crippen molar-refractivity contribution in [3.63, 3.8) is 0 Å². The Balaban J connectivity index is 0.000000401. The van der Waals surface area contributed by atoms with Crippen LogP contribution < -0.4 is 5.36 Å². The monoisotopic (exact) mass is 788 g/mol. The van der Waals surface area contributed by atoms with Crippen molar-refractivity contribution in [2.45, 2.75) is 59.3 Å². The maximum atomic E-state index is 5.11. The van der Waals surface area contributed by atoms with Crippen molar-refractivity contribution in [1.82, 2.24) is 0 Å². The zero-order valence-electron chi connectivity index (χ0n) is 29.1. The topological polar surface area (TPSA) is 26.5 Å². The van der Waals surface area contributed by atoms with E-state index in [2.05, 4.69) is 85.7 Å². The molecular formula is C44H52HfN2-4. The van der Waals surface area contributed by atoms with E-state index in [0.29, 0.717) is 11.8 Å². The summed E-state index contributed by atoms with van der Waals surface area (Å²) < 4.78 is 0. The predicted molar refractivity (Wildman–Crippen MR) is 202 cm³/mol. The van der Waals surface area contributed by atoms with Gasteiger partial charge in [-0.05, 0) is 24.3 Å². The molecule has 0 amide bonds. The normalized spacial score (nSPS) is 10.2. The largest absolute Gasteiger partial charge is 0.656 e. The smallest absolute Gasteiger partial charge is 0.0427 e. The molecule has 0 atom stereocenters. The zero-order chi connectivity index (χ0) is 33.6. The van der Waals surface area contributed by atoms with E-state index in [-0.39, 0.29) is 25.8 Å². The molecule has 2 nitrogen and oxygen atoms in total. The van der Waals surface area contributed by atoms with E-state index in [1.165, 1.54) is 11.1 Å². The van der Waals surface area contributed by atoms with Crippen molar-refractivity contribution in [3.8, 4) is 0 Å². The summed E-state index contributed by atoms with van der Waals surface area (Å²) >= 11 is 0. The minimum Gasteiger partial charge on any atom is -0.656 e. The molecule has 0 saturated heterocycles. The van der Waals surface area contributed by atoms with Gasteiger partial charge in [0.05, 0.1) is 0 Å². The molecule has 0 fully saturated rings. The van der Waals surface area contributed by atoms with Gasteiger partial charge in [-0.3, -0.25) is 4.99 Å². The summed E-state index contributed by atoms with van der Waals surface area (Å²) in [4.78, 5) is 4.79. The van der Waals surface area contributed by atoms with Gasteiger partial charge >= 0.3 is 0 Å². The Labute approximate surface area is 305 Å². The molecule has 0 saturated carbocycles. The van der Waals surface area contributed by atoms with Crippen LogP contribution in [-0.2, 0) is 25.8 Å². The summed E-state index contributed by atoms with van der Waals surface area (Å²) in [6, 6.07) is 46.5. The van der Waals surface area contributed by atoms with Crippen LogP contribution in [0.4, 0.5) is 11.4 Å². The van der Waals surface area contributed by atoms with Gasteiger partial charge in [0.1, 0.15) is 0 Å². The standard InChI is InChI=1S/C23H31N2.3C7H7.Hf/c1-6-7-16-24-21-14-9-8-10-15-22(21)25-23-19(17(2)3)12-11-13-20(23)18(4)5;3*1-7-5-3-2-4-6-7;/h8-15,17-18H,6-7,16H2,1-5H3;3*2-6H,1H2;/q4*-1;. The fourth-order valence-corrected chi connectivity index (χ4v) is 4.31. The van der Waals surface area contributed by atoms with Gasteiger partial charge in [-0.25, -0.2) is 0 Å². The van der Waals surface area contributed by atoms with E-state index in [9.17, 15) is 0 Å². The first-order valence-electron chi connectivity index (χ1n) is 16.3. The second kappa shape index (κ2) is 24.3. The zero-order valence-corrected chi connectivity index (χ0v) is 32.7. The molecular weight excluding hydrogens is 735 g/mol. The Bertz CT molecular complexity index is 1450. The van der Waals surface area contributed by atoms with Crippen LogP contribution in [0.15, 0.2) is 145 Å². The Morgan fingerprint density at radius 2 is 0.915 bits per heavy atom. The number of unbranched alkanes of at least 4 members (excludes halogenated alkanes) is 1. The van der Waals surface area contributed by atoms with E-state index in [0.717, 1.165) is 52.8 Å². The van der Waals surface area contributed by atoms with Crippen molar-refractivity contribution in [3.05, 3.63) is 199 Å². The third kappa shape index (κ3) is 17.0. The summed E-state index contributed by atoms with van der Waals surface area (Å²) in [7, 11) is 0. The maximum absolute atomic E-state index is 5.11. The molecule has 5 aromatic carbocycles. The molecule has 3 heteroatoms. The van der Waals surface area contributed by atoms with Gasteiger partial charge in [0.2, 0.25) is 0 Å². The van der Waals surface area contributed by atoms with Gasteiger partial charge in [-0.1, -0.05) is 113 Å². The summed E-state index contributed by atoms with van der Waals surface area (Å²) in [5.41, 5.74) is 7.89. The van der Waals surface area contributed by atoms with Crippen LogP contribution in [0.2, 0.25) is 0 Å². The second-order valence-corrected chi connectivity index (χ2v) is 11.6. The summed E-state index contributed by atoms with van der Waals surface area (Å²) in [5, 5.41) is 6.09. The molecule has 0 radical (unpaired) electrons. The molecule has 0 aromatic heterocycles. The first kappa shape index (κ1) is 41.1. The van der Waals surface area contributed by atoms with E-state index < -0.39 is 0 Å². The van der Waals surface area contributed by atoms with Gasteiger partial charge in [0, 0.05) is 37.7 Å². The Morgan fingerprint density at radius 1 is 0.532 bits per heavy atom. The molecule has 246 valence electrons. The number of nitrogens with zero attached hydrogens (tertiary/aromatic N) is 2. The maximum Gasteiger partial charge on any atom is 0.0427 e. The minimum absolute atomic E-state index is 0. The quantitative estimate of drug-likeness (QED) is 0.0892. The third-order valence-corrected chi connectivity index (χ3v) is 6.89. The van der Waals surface area contributed by atoms with E-state index in [1.807, 2.05) is 109 Å². The van der Waals surface area contributed by atoms with Crippen LogP contribution in [0.1, 0.15) is 87.1 Å². The van der Waals surface area contributed by atoms with Gasteiger partial charge in [0.15, 0.2) is 0 Å². The Kier molecular flexibility index (Phi) is 21.2. The molecule has 0 aliphatic carbocycles.